The Morgan fingerprint density at radius 3 is 2.23 bits per heavy atom. The minimum absolute atomic E-state index is 0.0411. The Kier molecular flexibility index (Phi) is 4.87. The van der Waals surface area contributed by atoms with Crippen molar-refractivity contribution < 1.29 is 9.53 Å². The first-order valence-electron chi connectivity index (χ1n) is 8.23. The van der Waals surface area contributed by atoms with Crippen molar-refractivity contribution in [3.05, 3.63) is 89.4 Å². The number of benzene rings is 3. The lowest BCUT2D eigenvalue weighted by molar-refractivity contribution is -0.115. The molecule has 4 rings (SSSR count). The zero-order valence-corrected chi connectivity index (χ0v) is 15.4. The third-order valence-corrected chi connectivity index (χ3v) is 5.58. The molecule has 0 bridgehead atoms. The number of halogens is 1. The third-order valence-electron chi connectivity index (χ3n) is 4.12. The van der Waals surface area contributed by atoms with Crippen LogP contribution in [-0.4, -0.2) is 11.7 Å². The van der Waals surface area contributed by atoms with E-state index >= 15 is 0 Å². The molecular weight excluding hydrogens is 366 g/mol. The van der Waals surface area contributed by atoms with Gasteiger partial charge in [-0.3, -0.25) is 9.69 Å². The van der Waals surface area contributed by atoms with Gasteiger partial charge >= 0.3 is 0 Å². The Labute approximate surface area is 161 Å². The van der Waals surface area contributed by atoms with Crippen LogP contribution in [0.5, 0.6) is 11.5 Å². The van der Waals surface area contributed by atoms with Crippen molar-refractivity contribution in [2.24, 2.45) is 0 Å². The van der Waals surface area contributed by atoms with E-state index in [1.807, 2.05) is 83.8 Å². The Hall–Kier alpha value is -2.43. The molecule has 26 heavy (non-hydrogen) atoms. The quantitative estimate of drug-likeness (QED) is 0.562. The second-order valence-electron chi connectivity index (χ2n) is 5.89. The van der Waals surface area contributed by atoms with E-state index in [2.05, 4.69) is 0 Å². The summed E-state index contributed by atoms with van der Waals surface area (Å²) in [7, 11) is 0. The van der Waals surface area contributed by atoms with Crippen LogP contribution in [0.15, 0.2) is 78.9 Å². The highest BCUT2D eigenvalue weighted by Crippen LogP contribution is 2.42. The van der Waals surface area contributed by atoms with E-state index in [-0.39, 0.29) is 11.3 Å². The molecule has 1 saturated heterocycles. The summed E-state index contributed by atoms with van der Waals surface area (Å²) in [6.45, 7) is 0. The molecule has 0 unspecified atom stereocenters. The van der Waals surface area contributed by atoms with Crippen molar-refractivity contribution in [1.82, 2.24) is 0 Å². The van der Waals surface area contributed by atoms with Crippen LogP contribution in [-0.2, 0) is 4.79 Å². The minimum Gasteiger partial charge on any atom is -0.457 e. The number of hydrogen-bond acceptors (Lipinski definition) is 3. The van der Waals surface area contributed by atoms with Crippen molar-refractivity contribution in [1.29, 1.82) is 0 Å². The minimum atomic E-state index is -0.0411. The first-order chi connectivity index (χ1) is 12.7. The van der Waals surface area contributed by atoms with E-state index in [0.717, 1.165) is 22.7 Å². The van der Waals surface area contributed by atoms with Crippen molar-refractivity contribution in [3.63, 3.8) is 0 Å². The number of ether oxygens (including phenoxy) is 1. The van der Waals surface area contributed by atoms with Gasteiger partial charge in [0.2, 0.25) is 5.91 Å². The predicted molar refractivity (Wildman–Crippen MR) is 107 cm³/mol. The fraction of sp³-hybridized carbons (Fsp3) is 0.0952. The molecule has 1 heterocycles. The lowest BCUT2D eigenvalue weighted by Crippen LogP contribution is -2.27. The van der Waals surface area contributed by atoms with Gasteiger partial charge in [0.15, 0.2) is 0 Å². The summed E-state index contributed by atoms with van der Waals surface area (Å²) < 4.78 is 5.82. The van der Waals surface area contributed by atoms with Crippen molar-refractivity contribution in [3.8, 4) is 11.5 Å². The van der Waals surface area contributed by atoms with Crippen molar-refractivity contribution >= 4 is 35.0 Å². The molecule has 3 aromatic rings. The Morgan fingerprint density at radius 1 is 0.885 bits per heavy atom. The molecule has 0 aromatic heterocycles. The fourth-order valence-electron chi connectivity index (χ4n) is 2.88. The monoisotopic (exact) mass is 381 g/mol. The summed E-state index contributed by atoms with van der Waals surface area (Å²) in [5, 5.41) is 0.651. The number of hydrogen-bond donors (Lipinski definition) is 0. The molecule has 1 aliphatic rings. The number of nitrogens with zero attached hydrogens (tertiary/aromatic N) is 1. The Morgan fingerprint density at radius 2 is 1.54 bits per heavy atom. The molecule has 0 saturated carbocycles. The molecule has 0 aliphatic carbocycles. The van der Waals surface area contributed by atoms with Gasteiger partial charge in [0.05, 0.1) is 5.75 Å². The average molecular weight is 382 g/mol. The second kappa shape index (κ2) is 7.44. The van der Waals surface area contributed by atoms with Gasteiger partial charge in [0, 0.05) is 10.7 Å². The maximum atomic E-state index is 12.4. The number of amides is 1. The van der Waals surface area contributed by atoms with E-state index in [9.17, 15) is 4.79 Å². The summed E-state index contributed by atoms with van der Waals surface area (Å²) >= 11 is 7.60. The molecule has 3 aromatic carbocycles. The highest BCUT2D eigenvalue weighted by Gasteiger charge is 2.33. The number of carbonyl (C=O) groups is 1. The van der Waals surface area contributed by atoms with Gasteiger partial charge in [0.25, 0.3) is 0 Å². The van der Waals surface area contributed by atoms with Gasteiger partial charge in [-0.15, -0.1) is 11.8 Å². The van der Waals surface area contributed by atoms with E-state index in [0.29, 0.717) is 10.8 Å². The lowest BCUT2D eigenvalue weighted by atomic mass is 10.2. The molecule has 3 nitrogen and oxygen atoms in total. The summed E-state index contributed by atoms with van der Waals surface area (Å²) in [6.07, 6.45) is 0. The van der Waals surface area contributed by atoms with E-state index in [1.54, 1.807) is 11.8 Å². The summed E-state index contributed by atoms with van der Waals surface area (Å²) in [6, 6.07) is 24.9. The number of carbonyl (C=O) groups excluding carboxylic acids is 1. The average Bonchev–Trinajstić information content (AvgIpc) is 3.05. The van der Waals surface area contributed by atoms with Gasteiger partial charge in [-0.25, -0.2) is 0 Å². The SMILES string of the molecule is O=C1CS[C@H](c2ccc(Cl)cc2)N1c1ccc(Oc2ccccc2)cc1. The van der Waals surface area contributed by atoms with E-state index < -0.39 is 0 Å². The van der Waals surface area contributed by atoms with Gasteiger partial charge < -0.3 is 4.74 Å². The third kappa shape index (κ3) is 3.57. The normalized spacial score (nSPS) is 16.7. The van der Waals surface area contributed by atoms with Crippen LogP contribution < -0.4 is 9.64 Å². The molecule has 1 amide bonds. The summed E-state index contributed by atoms with van der Waals surface area (Å²) in [5.41, 5.74) is 1.93. The smallest absolute Gasteiger partial charge is 0.238 e. The molecule has 0 spiro atoms. The molecular formula is C21H16ClNO2S. The predicted octanol–water partition coefficient (Wildman–Crippen LogP) is 5.91. The first kappa shape index (κ1) is 17.0. The van der Waals surface area contributed by atoms with Crippen molar-refractivity contribution in [2.75, 3.05) is 10.7 Å². The topological polar surface area (TPSA) is 29.5 Å². The lowest BCUT2D eigenvalue weighted by Gasteiger charge is -2.24. The molecule has 5 heteroatoms. The maximum Gasteiger partial charge on any atom is 0.238 e. The van der Waals surface area contributed by atoms with Crippen LogP contribution in [0.2, 0.25) is 5.02 Å². The molecule has 1 aliphatic heterocycles. The molecule has 1 atom stereocenters. The van der Waals surface area contributed by atoms with Gasteiger partial charge in [-0.1, -0.05) is 41.9 Å². The van der Waals surface area contributed by atoms with E-state index in [4.69, 9.17) is 16.3 Å². The molecule has 1 fully saturated rings. The van der Waals surface area contributed by atoms with Crippen LogP contribution in [0.3, 0.4) is 0 Å². The zero-order chi connectivity index (χ0) is 17.9. The second-order valence-corrected chi connectivity index (χ2v) is 7.39. The maximum absolute atomic E-state index is 12.4. The molecule has 0 radical (unpaired) electrons. The number of anilines is 1. The van der Waals surface area contributed by atoms with Gasteiger partial charge in [0.1, 0.15) is 16.9 Å². The van der Waals surface area contributed by atoms with E-state index in [1.165, 1.54) is 0 Å². The molecule has 130 valence electrons. The van der Waals surface area contributed by atoms with Gasteiger partial charge in [-0.05, 0) is 54.1 Å². The van der Waals surface area contributed by atoms with Crippen LogP contribution in [0.25, 0.3) is 0 Å². The highest BCUT2D eigenvalue weighted by atomic mass is 35.5. The fourth-order valence-corrected chi connectivity index (χ4v) is 4.18. The van der Waals surface area contributed by atoms with Crippen LogP contribution in [0.4, 0.5) is 5.69 Å². The Bertz CT molecular complexity index is 898. The van der Waals surface area contributed by atoms with Crippen LogP contribution in [0.1, 0.15) is 10.9 Å². The largest absolute Gasteiger partial charge is 0.457 e. The number of thioether (sulfide) groups is 1. The Balaban J connectivity index is 1.56. The van der Waals surface area contributed by atoms with Gasteiger partial charge in [-0.2, -0.15) is 0 Å². The number of rotatable bonds is 4. The van der Waals surface area contributed by atoms with Crippen molar-refractivity contribution in [2.45, 2.75) is 5.37 Å². The number of para-hydroxylation sites is 1. The van der Waals surface area contributed by atoms with Crippen LogP contribution >= 0.6 is 23.4 Å². The van der Waals surface area contributed by atoms with Crippen LogP contribution in [0, 0.1) is 0 Å². The standard InChI is InChI=1S/C21H16ClNO2S/c22-16-8-6-15(7-9-16)21-23(20(24)14-26-21)17-10-12-19(13-11-17)25-18-4-2-1-3-5-18/h1-13,21H,14H2/t21-/m1/s1. The summed E-state index contributed by atoms with van der Waals surface area (Å²) in [5.74, 6) is 2.09. The molecule has 0 N–H and O–H groups in total. The summed E-state index contributed by atoms with van der Waals surface area (Å²) in [4.78, 5) is 14.3. The first-order valence-corrected chi connectivity index (χ1v) is 9.65. The zero-order valence-electron chi connectivity index (χ0n) is 13.8. The highest BCUT2D eigenvalue weighted by molar-refractivity contribution is 8.00.